The molecule has 0 heterocycles. The van der Waals surface area contributed by atoms with E-state index >= 15 is 0 Å². The third-order valence-electron chi connectivity index (χ3n) is 3.87. The first kappa shape index (κ1) is 20.4. The number of hydrogen-bond donors (Lipinski definition) is 2. The molecule has 8 heteroatoms. The summed E-state index contributed by atoms with van der Waals surface area (Å²) in [5.41, 5.74) is 0.497. The summed E-state index contributed by atoms with van der Waals surface area (Å²) in [6.45, 7) is 0.330. The number of hydrogen-bond acceptors (Lipinski definition) is 3. The normalized spacial score (nSPS) is 11.0. The molecule has 2 rings (SSSR count). The molecule has 0 fully saturated rings. The lowest BCUT2D eigenvalue weighted by Gasteiger charge is -2.12. The van der Waals surface area contributed by atoms with E-state index in [1.54, 1.807) is 26.4 Å². The molecule has 2 amide bonds. The predicted octanol–water partition coefficient (Wildman–Crippen LogP) is 3.76. The molecule has 27 heavy (non-hydrogen) atoms. The fourth-order valence-corrected chi connectivity index (χ4v) is 2.49. The Hall–Kier alpha value is -2.90. The maximum Gasteiger partial charge on any atom is 0.416 e. The van der Waals surface area contributed by atoms with Crippen molar-refractivity contribution in [1.82, 2.24) is 10.6 Å². The fourth-order valence-electron chi connectivity index (χ4n) is 2.49. The standard InChI is InChI=1S/C19H21F3N2O3/c1-26-16-6-7-17(27-2)14(11-16)8-9-23-18(25)24-12-13-4-3-5-15(10-13)19(20,21)22/h3-7,10-11H,8-9,12H2,1-2H3,(H2,23,24,25). The molecule has 146 valence electrons. The maximum absolute atomic E-state index is 12.7. The van der Waals surface area contributed by atoms with E-state index in [9.17, 15) is 18.0 Å². The molecule has 2 aromatic carbocycles. The summed E-state index contributed by atoms with van der Waals surface area (Å²) in [6.07, 6.45) is -3.90. The smallest absolute Gasteiger partial charge is 0.416 e. The van der Waals surface area contributed by atoms with Crippen molar-refractivity contribution in [1.29, 1.82) is 0 Å². The highest BCUT2D eigenvalue weighted by Crippen LogP contribution is 2.29. The first-order valence-electron chi connectivity index (χ1n) is 8.22. The Morgan fingerprint density at radius 1 is 1.04 bits per heavy atom. The number of urea groups is 1. The number of halogens is 3. The summed E-state index contributed by atoms with van der Waals surface area (Å²) in [7, 11) is 3.12. The van der Waals surface area contributed by atoms with Crippen LogP contribution in [-0.2, 0) is 19.1 Å². The average Bonchev–Trinajstić information content (AvgIpc) is 2.65. The van der Waals surface area contributed by atoms with Crippen LogP contribution in [0.25, 0.3) is 0 Å². The van der Waals surface area contributed by atoms with Gasteiger partial charge in [-0.05, 0) is 47.9 Å². The molecule has 0 unspecified atom stereocenters. The van der Waals surface area contributed by atoms with E-state index in [1.165, 1.54) is 12.1 Å². The molecular formula is C19H21F3N2O3. The first-order chi connectivity index (χ1) is 12.8. The van der Waals surface area contributed by atoms with Crippen molar-refractivity contribution in [3.63, 3.8) is 0 Å². The van der Waals surface area contributed by atoms with Crippen LogP contribution in [0.5, 0.6) is 11.5 Å². The van der Waals surface area contributed by atoms with Gasteiger partial charge in [-0.25, -0.2) is 4.79 Å². The van der Waals surface area contributed by atoms with E-state index in [1.807, 2.05) is 6.07 Å². The van der Waals surface area contributed by atoms with Gasteiger partial charge in [0.2, 0.25) is 0 Å². The van der Waals surface area contributed by atoms with Gasteiger partial charge in [0.15, 0.2) is 0 Å². The third-order valence-corrected chi connectivity index (χ3v) is 3.87. The predicted molar refractivity (Wildman–Crippen MR) is 94.9 cm³/mol. The first-order valence-corrected chi connectivity index (χ1v) is 8.22. The molecule has 0 saturated carbocycles. The lowest BCUT2D eigenvalue weighted by atomic mass is 10.1. The molecule has 0 bridgehead atoms. The van der Waals surface area contributed by atoms with E-state index in [0.717, 1.165) is 17.7 Å². The minimum atomic E-state index is -4.41. The van der Waals surface area contributed by atoms with Crippen molar-refractivity contribution in [3.8, 4) is 11.5 Å². The Balaban J connectivity index is 1.84. The zero-order valence-electron chi connectivity index (χ0n) is 15.0. The SMILES string of the molecule is COc1ccc(OC)c(CCNC(=O)NCc2cccc(C(F)(F)F)c2)c1. The van der Waals surface area contributed by atoms with Gasteiger partial charge in [0.25, 0.3) is 0 Å². The van der Waals surface area contributed by atoms with Gasteiger partial charge in [0.05, 0.1) is 19.8 Å². The Morgan fingerprint density at radius 3 is 2.48 bits per heavy atom. The minimum Gasteiger partial charge on any atom is -0.497 e. The van der Waals surface area contributed by atoms with Crippen molar-refractivity contribution < 1.29 is 27.4 Å². The van der Waals surface area contributed by atoms with Crippen molar-refractivity contribution in [2.45, 2.75) is 19.1 Å². The molecule has 0 aliphatic rings. The molecule has 0 spiro atoms. The Labute approximate surface area is 155 Å². The molecule has 0 aromatic heterocycles. The molecule has 0 aliphatic carbocycles. The highest BCUT2D eigenvalue weighted by molar-refractivity contribution is 5.73. The maximum atomic E-state index is 12.7. The van der Waals surface area contributed by atoms with Gasteiger partial charge in [-0.1, -0.05) is 12.1 Å². The second kappa shape index (κ2) is 9.16. The van der Waals surface area contributed by atoms with Crippen LogP contribution in [0, 0.1) is 0 Å². The number of amides is 2. The molecular weight excluding hydrogens is 361 g/mol. The van der Waals surface area contributed by atoms with E-state index < -0.39 is 17.8 Å². The van der Waals surface area contributed by atoms with Gasteiger partial charge < -0.3 is 20.1 Å². The van der Waals surface area contributed by atoms with E-state index in [4.69, 9.17) is 9.47 Å². The van der Waals surface area contributed by atoms with Crippen molar-refractivity contribution in [2.75, 3.05) is 20.8 Å². The number of carbonyl (C=O) groups excluding carboxylic acids is 1. The summed E-state index contributed by atoms with van der Waals surface area (Å²) in [4.78, 5) is 11.9. The van der Waals surface area contributed by atoms with Crippen molar-refractivity contribution in [3.05, 3.63) is 59.2 Å². The van der Waals surface area contributed by atoms with Crippen LogP contribution in [0.4, 0.5) is 18.0 Å². The number of methoxy groups -OCH3 is 2. The van der Waals surface area contributed by atoms with Gasteiger partial charge in [-0.15, -0.1) is 0 Å². The van der Waals surface area contributed by atoms with Crippen LogP contribution in [0.15, 0.2) is 42.5 Å². The lowest BCUT2D eigenvalue weighted by Crippen LogP contribution is -2.36. The quantitative estimate of drug-likeness (QED) is 0.767. The Kier molecular flexibility index (Phi) is 6.92. The van der Waals surface area contributed by atoms with E-state index in [-0.39, 0.29) is 6.54 Å². The zero-order valence-corrected chi connectivity index (χ0v) is 15.0. The number of alkyl halides is 3. The Bertz CT molecular complexity index is 779. The molecule has 2 aromatic rings. The average molecular weight is 382 g/mol. The molecule has 0 saturated heterocycles. The molecule has 0 atom stereocenters. The largest absolute Gasteiger partial charge is 0.497 e. The van der Waals surface area contributed by atoms with Crippen LogP contribution in [-0.4, -0.2) is 26.8 Å². The van der Waals surface area contributed by atoms with Crippen LogP contribution in [0.3, 0.4) is 0 Å². The van der Waals surface area contributed by atoms with Crippen molar-refractivity contribution in [2.24, 2.45) is 0 Å². The van der Waals surface area contributed by atoms with Gasteiger partial charge in [0, 0.05) is 13.1 Å². The van der Waals surface area contributed by atoms with Crippen LogP contribution < -0.4 is 20.1 Å². The summed E-state index contributed by atoms with van der Waals surface area (Å²) >= 11 is 0. The van der Waals surface area contributed by atoms with E-state index in [0.29, 0.717) is 30.0 Å². The lowest BCUT2D eigenvalue weighted by molar-refractivity contribution is -0.137. The minimum absolute atomic E-state index is 0.00175. The van der Waals surface area contributed by atoms with E-state index in [2.05, 4.69) is 10.6 Å². The number of rotatable bonds is 7. The second-order valence-electron chi connectivity index (χ2n) is 5.74. The monoisotopic (exact) mass is 382 g/mol. The molecule has 2 N–H and O–H groups in total. The number of ether oxygens (including phenoxy) is 2. The highest BCUT2D eigenvalue weighted by Gasteiger charge is 2.30. The summed E-state index contributed by atoms with van der Waals surface area (Å²) in [5, 5.41) is 5.21. The summed E-state index contributed by atoms with van der Waals surface area (Å²) in [6, 6.07) is 9.76. The van der Waals surface area contributed by atoms with Gasteiger partial charge in [-0.3, -0.25) is 0 Å². The number of carbonyl (C=O) groups is 1. The molecule has 0 aliphatic heterocycles. The van der Waals surface area contributed by atoms with Gasteiger partial charge in [-0.2, -0.15) is 13.2 Å². The fraction of sp³-hybridized carbons (Fsp3) is 0.316. The Morgan fingerprint density at radius 2 is 1.81 bits per heavy atom. The zero-order chi connectivity index (χ0) is 19.9. The van der Waals surface area contributed by atoms with Crippen molar-refractivity contribution >= 4 is 6.03 Å². The number of benzene rings is 2. The summed E-state index contributed by atoms with van der Waals surface area (Å²) in [5.74, 6) is 1.36. The summed E-state index contributed by atoms with van der Waals surface area (Å²) < 4.78 is 48.5. The molecule has 5 nitrogen and oxygen atoms in total. The van der Waals surface area contributed by atoms with Crippen LogP contribution >= 0.6 is 0 Å². The van der Waals surface area contributed by atoms with Crippen LogP contribution in [0.2, 0.25) is 0 Å². The molecule has 0 radical (unpaired) electrons. The number of nitrogens with one attached hydrogen (secondary N) is 2. The van der Waals surface area contributed by atoms with Crippen LogP contribution in [0.1, 0.15) is 16.7 Å². The van der Waals surface area contributed by atoms with Gasteiger partial charge in [0.1, 0.15) is 11.5 Å². The van der Waals surface area contributed by atoms with Gasteiger partial charge >= 0.3 is 12.2 Å². The second-order valence-corrected chi connectivity index (χ2v) is 5.74. The topological polar surface area (TPSA) is 59.6 Å². The highest BCUT2D eigenvalue weighted by atomic mass is 19.4. The third kappa shape index (κ3) is 6.09.